The molecule has 0 aliphatic carbocycles. The van der Waals surface area contributed by atoms with Crippen LogP contribution in [0.15, 0.2) is 36.4 Å². The van der Waals surface area contributed by atoms with Gasteiger partial charge in [-0.1, -0.05) is 24.3 Å². The molecule has 0 fully saturated rings. The van der Waals surface area contributed by atoms with Crippen LogP contribution in [0, 0.1) is 0 Å². The Bertz CT molecular complexity index is 557. The number of aliphatic carboxylic acids is 2. The highest BCUT2D eigenvalue weighted by Gasteiger charge is 2.01. The van der Waals surface area contributed by atoms with Crippen LogP contribution >= 0.6 is 0 Å². The molecule has 0 saturated carbocycles. The summed E-state index contributed by atoms with van der Waals surface area (Å²) in [5.41, 5.74) is 13.1. The van der Waals surface area contributed by atoms with Crippen LogP contribution < -0.4 is 11.5 Å². The second-order valence-electron chi connectivity index (χ2n) is 3.75. The highest BCUT2D eigenvalue weighted by atomic mass is 16.4. The molecule has 100 valence electrons. The standard InChI is InChI=1S/C10H10N2.C3H4O4/c11-9-5-1-3-7-8(9)4-2-6-10(7)12;4-2(5)1-3(6)7/h1-6H,11-12H2;1H2,(H,4,5)(H,6,7). The number of carboxylic acids is 2. The molecule has 6 nitrogen and oxygen atoms in total. The molecule has 0 amide bonds. The molecule has 0 radical (unpaired) electrons. The van der Waals surface area contributed by atoms with Gasteiger partial charge in [0.1, 0.15) is 6.42 Å². The van der Waals surface area contributed by atoms with Crippen molar-refractivity contribution >= 4 is 34.1 Å². The van der Waals surface area contributed by atoms with Crippen LogP contribution in [0.3, 0.4) is 0 Å². The van der Waals surface area contributed by atoms with E-state index in [9.17, 15) is 9.59 Å². The number of anilines is 2. The van der Waals surface area contributed by atoms with Crippen LogP contribution in [0.5, 0.6) is 0 Å². The molecule has 2 aromatic rings. The number of rotatable bonds is 2. The predicted molar refractivity (Wildman–Crippen MR) is 72.7 cm³/mol. The first-order valence-corrected chi connectivity index (χ1v) is 5.38. The molecule has 0 bridgehead atoms. The van der Waals surface area contributed by atoms with E-state index in [0.717, 1.165) is 22.1 Å². The third kappa shape index (κ3) is 4.19. The quantitative estimate of drug-likeness (QED) is 0.480. The molecule has 0 spiro atoms. The van der Waals surface area contributed by atoms with Gasteiger partial charge in [0, 0.05) is 22.1 Å². The second-order valence-corrected chi connectivity index (χ2v) is 3.75. The van der Waals surface area contributed by atoms with Crippen molar-refractivity contribution in [2.45, 2.75) is 6.42 Å². The minimum absolute atomic E-state index is 0.778. The van der Waals surface area contributed by atoms with Crippen LogP contribution in [0.4, 0.5) is 11.4 Å². The molecular weight excluding hydrogens is 248 g/mol. The van der Waals surface area contributed by atoms with Crippen LogP contribution in [0.25, 0.3) is 10.8 Å². The third-order valence-corrected chi connectivity index (χ3v) is 2.29. The fourth-order valence-corrected chi connectivity index (χ4v) is 1.49. The van der Waals surface area contributed by atoms with Gasteiger partial charge in [0.05, 0.1) is 0 Å². The summed E-state index contributed by atoms with van der Waals surface area (Å²) in [6, 6.07) is 11.5. The molecule has 6 N–H and O–H groups in total. The Morgan fingerprint density at radius 2 is 1.21 bits per heavy atom. The summed E-state index contributed by atoms with van der Waals surface area (Å²) in [5.74, 6) is -2.62. The number of fused-ring (bicyclic) bond motifs is 1. The predicted octanol–water partition coefficient (Wildman–Crippen LogP) is 1.55. The summed E-state index contributed by atoms with van der Waals surface area (Å²) < 4.78 is 0. The Balaban J connectivity index is 0.000000224. The second kappa shape index (κ2) is 6.25. The molecule has 0 atom stereocenters. The number of hydrogen-bond donors (Lipinski definition) is 4. The van der Waals surface area contributed by atoms with Crippen molar-refractivity contribution in [1.29, 1.82) is 0 Å². The lowest BCUT2D eigenvalue weighted by atomic mass is 10.1. The minimum atomic E-state index is -1.31. The van der Waals surface area contributed by atoms with Gasteiger partial charge >= 0.3 is 11.9 Å². The van der Waals surface area contributed by atoms with Gasteiger partial charge in [0.25, 0.3) is 0 Å². The van der Waals surface area contributed by atoms with Gasteiger partial charge in [-0.05, 0) is 12.1 Å². The smallest absolute Gasteiger partial charge is 0.314 e. The van der Waals surface area contributed by atoms with E-state index in [4.69, 9.17) is 21.7 Å². The van der Waals surface area contributed by atoms with E-state index < -0.39 is 18.4 Å². The van der Waals surface area contributed by atoms with Gasteiger partial charge in [-0.25, -0.2) is 0 Å². The molecule has 0 aliphatic heterocycles. The average molecular weight is 262 g/mol. The lowest BCUT2D eigenvalue weighted by molar-refractivity contribution is -0.147. The molecule has 19 heavy (non-hydrogen) atoms. The van der Waals surface area contributed by atoms with E-state index >= 15 is 0 Å². The molecular formula is C13H14N2O4. The number of carboxylic acid groups (broad SMARTS) is 2. The van der Waals surface area contributed by atoms with E-state index in [1.54, 1.807) is 0 Å². The topological polar surface area (TPSA) is 127 Å². The summed E-state index contributed by atoms with van der Waals surface area (Å²) in [7, 11) is 0. The Labute approximate surface area is 109 Å². The van der Waals surface area contributed by atoms with Gasteiger partial charge in [0.15, 0.2) is 0 Å². The minimum Gasteiger partial charge on any atom is -0.481 e. The van der Waals surface area contributed by atoms with Crippen LogP contribution in [0.1, 0.15) is 6.42 Å². The number of hydrogen-bond acceptors (Lipinski definition) is 4. The summed E-state index contributed by atoms with van der Waals surface area (Å²) >= 11 is 0. The van der Waals surface area contributed by atoms with E-state index in [2.05, 4.69) is 0 Å². The van der Waals surface area contributed by atoms with Crippen molar-refractivity contribution in [1.82, 2.24) is 0 Å². The largest absolute Gasteiger partial charge is 0.481 e. The maximum absolute atomic E-state index is 9.43. The highest BCUT2D eigenvalue weighted by molar-refractivity contribution is 5.99. The van der Waals surface area contributed by atoms with Crippen molar-refractivity contribution < 1.29 is 19.8 Å². The van der Waals surface area contributed by atoms with Crippen molar-refractivity contribution in [2.75, 3.05) is 11.5 Å². The molecule has 0 saturated heterocycles. The zero-order chi connectivity index (χ0) is 14.4. The van der Waals surface area contributed by atoms with Crippen molar-refractivity contribution in [3.63, 3.8) is 0 Å². The van der Waals surface area contributed by atoms with Crippen LogP contribution in [0.2, 0.25) is 0 Å². The number of nitrogens with two attached hydrogens (primary N) is 2. The Hall–Kier alpha value is -2.76. The van der Waals surface area contributed by atoms with Crippen LogP contribution in [-0.2, 0) is 9.59 Å². The molecule has 0 unspecified atom stereocenters. The molecule has 0 aliphatic rings. The van der Waals surface area contributed by atoms with Crippen LogP contribution in [-0.4, -0.2) is 22.2 Å². The number of carbonyl (C=O) groups is 2. The van der Waals surface area contributed by atoms with Gasteiger partial charge in [0.2, 0.25) is 0 Å². The fraction of sp³-hybridized carbons (Fsp3) is 0.0769. The molecule has 0 heterocycles. The Morgan fingerprint density at radius 3 is 1.47 bits per heavy atom. The average Bonchev–Trinajstić information content (AvgIpc) is 2.30. The lowest BCUT2D eigenvalue weighted by Crippen LogP contribution is -2.03. The van der Waals surface area contributed by atoms with Crippen molar-refractivity contribution in [2.24, 2.45) is 0 Å². The van der Waals surface area contributed by atoms with E-state index in [1.165, 1.54) is 0 Å². The molecule has 2 aromatic carbocycles. The first-order valence-electron chi connectivity index (χ1n) is 5.38. The maximum Gasteiger partial charge on any atom is 0.314 e. The normalized spacial score (nSPS) is 9.47. The highest BCUT2D eigenvalue weighted by Crippen LogP contribution is 2.24. The molecule has 2 rings (SSSR count). The van der Waals surface area contributed by atoms with Gasteiger partial charge in [-0.3, -0.25) is 9.59 Å². The summed E-state index contributed by atoms with van der Waals surface area (Å²) in [6.45, 7) is 0. The number of nitrogen functional groups attached to an aromatic ring is 2. The van der Waals surface area contributed by atoms with Crippen molar-refractivity contribution in [3.05, 3.63) is 36.4 Å². The third-order valence-electron chi connectivity index (χ3n) is 2.29. The molecule has 0 aromatic heterocycles. The van der Waals surface area contributed by atoms with Gasteiger partial charge in [-0.2, -0.15) is 0 Å². The summed E-state index contributed by atoms with van der Waals surface area (Å²) in [6.07, 6.45) is -0.806. The Morgan fingerprint density at radius 1 is 0.842 bits per heavy atom. The summed E-state index contributed by atoms with van der Waals surface area (Å²) in [5, 5.41) is 17.5. The lowest BCUT2D eigenvalue weighted by Gasteiger charge is -2.03. The summed E-state index contributed by atoms with van der Waals surface area (Å²) in [4.78, 5) is 18.9. The van der Waals surface area contributed by atoms with E-state index in [1.807, 2.05) is 36.4 Å². The fourth-order valence-electron chi connectivity index (χ4n) is 1.49. The first kappa shape index (κ1) is 14.3. The monoisotopic (exact) mass is 262 g/mol. The molecule has 6 heteroatoms. The van der Waals surface area contributed by atoms with Gasteiger partial charge < -0.3 is 21.7 Å². The Kier molecular flexibility index (Phi) is 4.70. The zero-order valence-corrected chi connectivity index (χ0v) is 10.0. The number of benzene rings is 2. The SMILES string of the molecule is Nc1cccc2c(N)cccc12.O=C(O)CC(=O)O. The zero-order valence-electron chi connectivity index (χ0n) is 10.0. The first-order chi connectivity index (χ1) is 8.91. The van der Waals surface area contributed by atoms with Gasteiger partial charge in [-0.15, -0.1) is 0 Å². The maximum atomic E-state index is 9.43. The van der Waals surface area contributed by atoms with E-state index in [0.29, 0.717) is 0 Å². The van der Waals surface area contributed by atoms with Crippen molar-refractivity contribution in [3.8, 4) is 0 Å². The van der Waals surface area contributed by atoms with E-state index in [-0.39, 0.29) is 0 Å².